The lowest BCUT2D eigenvalue weighted by Gasteiger charge is -2.11. The summed E-state index contributed by atoms with van der Waals surface area (Å²) in [6, 6.07) is 10.8. The number of nitrogens with one attached hydrogen (secondary N) is 2. The van der Waals surface area contributed by atoms with E-state index in [1.165, 1.54) is 12.4 Å². The maximum atomic E-state index is 12.6. The van der Waals surface area contributed by atoms with Gasteiger partial charge in [-0.15, -0.1) is 0 Å². The maximum Gasteiger partial charge on any atom is 0.255 e. The minimum Gasteiger partial charge on any atom is -0.322 e. The highest BCUT2D eigenvalue weighted by atomic mass is 79.9. The number of hydrogen-bond donors (Lipinski definition) is 2. The predicted octanol–water partition coefficient (Wildman–Crippen LogP) is 4.76. The summed E-state index contributed by atoms with van der Waals surface area (Å²) in [5, 5.41) is 5.67. The zero-order valence-corrected chi connectivity index (χ0v) is 17.5. The van der Waals surface area contributed by atoms with Crippen LogP contribution >= 0.6 is 15.9 Å². The number of aromatic nitrogens is 2. The highest BCUT2D eigenvalue weighted by Gasteiger charge is 2.10. The van der Waals surface area contributed by atoms with Gasteiger partial charge in [0.25, 0.3) is 5.91 Å². The van der Waals surface area contributed by atoms with Gasteiger partial charge in [0, 0.05) is 45.4 Å². The molecule has 0 aliphatic carbocycles. The van der Waals surface area contributed by atoms with Gasteiger partial charge in [0.15, 0.2) is 0 Å². The molecule has 2 aromatic carbocycles. The van der Waals surface area contributed by atoms with Crippen LogP contribution in [0.1, 0.15) is 27.0 Å². The lowest BCUT2D eigenvalue weighted by molar-refractivity contribution is -0.111. The Hall–Kier alpha value is -3.32. The number of benzene rings is 2. The number of amides is 2. The lowest BCUT2D eigenvalue weighted by Crippen LogP contribution is -2.14. The third kappa shape index (κ3) is 5.58. The molecule has 0 bridgehead atoms. The number of carbonyl (C=O) groups excluding carboxylic acids is 2. The second kappa shape index (κ2) is 9.25. The van der Waals surface area contributed by atoms with Gasteiger partial charge in [0.05, 0.1) is 0 Å². The summed E-state index contributed by atoms with van der Waals surface area (Å²) >= 11 is 3.46. The molecule has 0 unspecified atom stereocenters. The van der Waals surface area contributed by atoms with E-state index in [2.05, 4.69) is 36.5 Å². The number of nitrogens with zero attached hydrogens (tertiary/aromatic N) is 2. The first kappa shape index (κ1) is 20.4. The molecule has 2 amide bonds. The van der Waals surface area contributed by atoms with Gasteiger partial charge in [-0.25, -0.2) is 9.97 Å². The molecule has 0 atom stereocenters. The van der Waals surface area contributed by atoms with Gasteiger partial charge in [0.2, 0.25) is 5.91 Å². The van der Waals surface area contributed by atoms with Gasteiger partial charge in [-0.3, -0.25) is 9.59 Å². The van der Waals surface area contributed by atoms with Crippen molar-refractivity contribution in [3.05, 3.63) is 87.9 Å². The molecule has 0 aliphatic heterocycles. The van der Waals surface area contributed by atoms with Crippen molar-refractivity contribution in [2.75, 3.05) is 10.6 Å². The Kier molecular flexibility index (Phi) is 6.51. The average Bonchev–Trinajstić information content (AvgIpc) is 2.71. The Morgan fingerprint density at radius 1 is 0.966 bits per heavy atom. The standard InChI is InChI=1S/C22H19BrN4O2/c1-14-4-7-18(10-19(14)23)26-22(29)17-6-3-15(2)20(9-17)27-21(28)8-5-16-11-24-13-25-12-16/h3-13H,1-2H3,(H,26,29)(H,27,28). The van der Waals surface area contributed by atoms with Crippen molar-refractivity contribution in [1.82, 2.24) is 9.97 Å². The van der Waals surface area contributed by atoms with Crippen molar-refractivity contribution in [3.63, 3.8) is 0 Å². The number of aryl methyl sites for hydroxylation is 2. The first-order chi connectivity index (χ1) is 13.9. The molecule has 0 saturated heterocycles. The molecule has 146 valence electrons. The fraction of sp³-hybridized carbons (Fsp3) is 0.0909. The molecule has 1 heterocycles. The molecule has 7 heteroatoms. The first-order valence-electron chi connectivity index (χ1n) is 8.84. The van der Waals surface area contributed by atoms with E-state index in [9.17, 15) is 9.59 Å². The molecule has 0 saturated carbocycles. The molecule has 0 spiro atoms. The Bertz CT molecular complexity index is 1080. The van der Waals surface area contributed by atoms with Crippen molar-refractivity contribution < 1.29 is 9.59 Å². The van der Waals surface area contributed by atoms with Crippen LogP contribution in [-0.4, -0.2) is 21.8 Å². The Labute approximate surface area is 177 Å². The van der Waals surface area contributed by atoms with Crippen LogP contribution in [0.15, 0.2) is 65.7 Å². The molecule has 29 heavy (non-hydrogen) atoms. The quantitative estimate of drug-likeness (QED) is 0.548. The normalized spacial score (nSPS) is 10.7. The predicted molar refractivity (Wildman–Crippen MR) is 118 cm³/mol. The van der Waals surface area contributed by atoms with Gasteiger partial charge < -0.3 is 10.6 Å². The average molecular weight is 451 g/mol. The first-order valence-corrected chi connectivity index (χ1v) is 9.64. The molecule has 0 fully saturated rings. The number of hydrogen-bond acceptors (Lipinski definition) is 4. The van der Waals surface area contributed by atoms with Crippen molar-refractivity contribution in [1.29, 1.82) is 0 Å². The lowest BCUT2D eigenvalue weighted by atomic mass is 10.1. The summed E-state index contributed by atoms with van der Waals surface area (Å²) in [5.41, 5.74) is 4.36. The van der Waals surface area contributed by atoms with Gasteiger partial charge >= 0.3 is 0 Å². The zero-order valence-electron chi connectivity index (χ0n) is 15.9. The smallest absolute Gasteiger partial charge is 0.255 e. The highest BCUT2D eigenvalue weighted by Crippen LogP contribution is 2.22. The van der Waals surface area contributed by atoms with Crippen molar-refractivity contribution in [2.24, 2.45) is 0 Å². The van der Waals surface area contributed by atoms with E-state index in [1.54, 1.807) is 36.7 Å². The molecule has 0 aliphatic rings. The van der Waals surface area contributed by atoms with Crippen LogP contribution in [0.2, 0.25) is 0 Å². The summed E-state index contributed by atoms with van der Waals surface area (Å²) < 4.78 is 0.919. The van der Waals surface area contributed by atoms with E-state index in [4.69, 9.17) is 0 Å². The third-order valence-corrected chi connectivity index (χ3v) is 5.05. The van der Waals surface area contributed by atoms with Crippen molar-refractivity contribution >= 4 is 45.2 Å². The molecule has 3 rings (SSSR count). The fourth-order valence-electron chi connectivity index (χ4n) is 2.51. The van der Waals surface area contributed by atoms with Gasteiger partial charge in [-0.1, -0.05) is 28.1 Å². The van der Waals surface area contributed by atoms with Crippen molar-refractivity contribution in [3.8, 4) is 0 Å². The summed E-state index contributed by atoms with van der Waals surface area (Å²) in [4.78, 5) is 32.6. The van der Waals surface area contributed by atoms with Crippen LogP contribution in [0.4, 0.5) is 11.4 Å². The largest absolute Gasteiger partial charge is 0.322 e. The van der Waals surface area contributed by atoms with Crippen LogP contribution in [0.3, 0.4) is 0 Å². The molecule has 1 aromatic heterocycles. The summed E-state index contributed by atoms with van der Waals surface area (Å²) in [7, 11) is 0. The van der Waals surface area contributed by atoms with E-state index in [1.807, 2.05) is 32.0 Å². The van der Waals surface area contributed by atoms with Gasteiger partial charge in [0.1, 0.15) is 6.33 Å². The summed E-state index contributed by atoms with van der Waals surface area (Å²) in [5.74, 6) is -0.565. The Morgan fingerprint density at radius 3 is 2.41 bits per heavy atom. The second-order valence-electron chi connectivity index (χ2n) is 6.44. The van der Waals surface area contributed by atoms with E-state index in [0.717, 1.165) is 21.2 Å². The van der Waals surface area contributed by atoms with Crippen LogP contribution < -0.4 is 10.6 Å². The Morgan fingerprint density at radius 2 is 1.69 bits per heavy atom. The number of anilines is 2. The van der Waals surface area contributed by atoms with Crippen LogP contribution in [0.5, 0.6) is 0 Å². The second-order valence-corrected chi connectivity index (χ2v) is 7.30. The van der Waals surface area contributed by atoms with E-state index in [0.29, 0.717) is 16.9 Å². The fourth-order valence-corrected chi connectivity index (χ4v) is 2.89. The summed E-state index contributed by atoms with van der Waals surface area (Å²) in [6.07, 6.45) is 7.66. The Balaban J connectivity index is 1.71. The molecule has 6 nitrogen and oxygen atoms in total. The van der Waals surface area contributed by atoms with Gasteiger partial charge in [-0.2, -0.15) is 0 Å². The number of halogens is 1. The molecular weight excluding hydrogens is 432 g/mol. The molecule has 2 N–H and O–H groups in total. The minimum atomic E-state index is -0.308. The topological polar surface area (TPSA) is 84.0 Å². The molecule has 3 aromatic rings. The molecular formula is C22H19BrN4O2. The molecule has 0 radical (unpaired) electrons. The number of carbonyl (C=O) groups is 2. The highest BCUT2D eigenvalue weighted by molar-refractivity contribution is 9.10. The third-order valence-electron chi connectivity index (χ3n) is 4.20. The summed E-state index contributed by atoms with van der Waals surface area (Å²) in [6.45, 7) is 3.84. The van der Waals surface area contributed by atoms with Crippen LogP contribution in [0.25, 0.3) is 6.08 Å². The SMILES string of the molecule is Cc1ccc(NC(=O)c2ccc(C)c(NC(=O)C=Cc3cncnc3)c2)cc1Br. The van der Waals surface area contributed by atoms with Crippen molar-refractivity contribution in [2.45, 2.75) is 13.8 Å². The zero-order chi connectivity index (χ0) is 20.8. The van der Waals surface area contributed by atoms with Crippen LogP contribution in [0, 0.1) is 13.8 Å². The number of rotatable bonds is 5. The van der Waals surface area contributed by atoms with Crippen LogP contribution in [-0.2, 0) is 4.79 Å². The minimum absolute atomic E-state index is 0.256. The van der Waals surface area contributed by atoms with Gasteiger partial charge in [-0.05, 0) is 55.3 Å². The van der Waals surface area contributed by atoms with E-state index < -0.39 is 0 Å². The maximum absolute atomic E-state index is 12.6. The monoisotopic (exact) mass is 450 g/mol. The van der Waals surface area contributed by atoms with E-state index in [-0.39, 0.29) is 11.8 Å². The van der Waals surface area contributed by atoms with E-state index >= 15 is 0 Å².